The predicted octanol–water partition coefficient (Wildman–Crippen LogP) is 12.2. The summed E-state index contributed by atoms with van der Waals surface area (Å²) < 4.78 is 11.3. The van der Waals surface area contributed by atoms with Crippen molar-refractivity contribution in [2.45, 2.75) is 0 Å². The van der Waals surface area contributed by atoms with Crippen LogP contribution < -0.4 is 0 Å². The summed E-state index contributed by atoms with van der Waals surface area (Å²) in [5.74, 6) is 1.76. The summed E-state index contributed by atoms with van der Waals surface area (Å²) in [7, 11) is 0. The van der Waals surface area contributed by atoms with E-state index in [1.807, 2.05) is 24.3 Å². The molecule has 0 atom stereocenters. The SMILES string of the molecule is c1ccc(-n2c3ccccc3c3ccccc32)c(-c2nc(-c3ccc4sc5ccccc5c4c3)nc(-c3cccc4c3oc3ccccc34)n2)c1. The van der Waals surface area contributed by atoms with Crippen LogP contribution in [0.3, 0.4) is 0 Å². The number of aromatic nitrogens is 4. The Morgan fingerprint density at radius 2 is 1.02 bits per heavy atom. The van der Waals surface area contributed by atoms with E-state index < -0.39 is 0 Å². The lowest BCUT2D eigenvalue weighted by molar-refractivity contribution is 0.669. The minimum atomic E-state index is 0.562. The summed E-state index contributed by atoms with van der Waals surface area (Å²) in [4.78, 5) is 15.7. The summed E-state index contributed by atoms with van der Waals surface area (Å²) >= 11 is 1.80. The highest BCUT2D eigenvalue weighted by Crippen LogP contribution is 2.40. The van der Waals surface area contributed by atoms with E-state index in [0.29, 0.717) is 17.5 Å². The monoisotopic (exact) mass is 670 g/mol. The molecule has 0 N–H and O–H groups in total. The molecule has 11 aromatic rings. The summed E-state index contributed by atoms with van der Waals surface area (Å²) in [5, 5.41) is 6.93. The van der Waals surface area contributed by atoms with Crippen LogP contribution in [0.5, 0.6) is 0 Å². The van der Waals surface area contributed by atoms with Crippen LogP contribution in [-0.4, -0.2) is 19.5 Å². The molecule has 0 aliphatic rings. The van der Waals surface area contributed by atoms with Crippen molar-refractivity contribution >= 4 is 75.3 Å². The van der Waals surface area contributed by atoms with Gasteiger partial charge in [-0.25, -0.2) is 15.0 Å². The summed E-state index contributed by atoms with van der Waals surface area (Å²) in [5.41, 5.74) is 7.52. The van der Waals surface area contributed by atoms with Crippen molar-refractivity contribution in [2.75, 3.05) is 0 Å². The molecule has 0 spiro atoms. The van der Waals surface area contributed by atoms with Crippen molar-refractivity contribution < 1.29 is 4.42 Å². The first-order valence-electron chi connectivity index (χ1n) is 16.9. The molecular weight excluding hydrogens is 645 g/mol. The molecule has 0 aliphatic carbocycles. The molecule has 0 saturated heterocycles. The number of para-hydroxylation sites is 5. The molecule has 0 aliphatic heterocycles. The smallest absolute Gasteiger partial charge is 0.167 e. The highest BCUT2D eigenvalue weighted by molar-refractivity contribution is 7.25. The van der Waals surface area contributed by atoms with Gasteiger partial charge in [0.15, 0.2) is 17.5 Å². The molecule has 0 fully saturated rings. The number of nitrogens with zero attached hydrogens (tertiary/aromatic N) is 4. The van der Waals surface area contributed by atoms with E-state index in [4.69, 9.17) is 19.4 Å². The number of hydrogen-bond acceptors (Lipinski definition) is 5. The van der Waals surface area contributed by atoms with Crippen molar-refractivity contribution in [1.29, 1.82) is 0 Å². The Bertz CT molecular complexity index is 3120. The number of rotatable bonds is 4. The molecule has 11 rings (SSSR count). The third-order valence-electron chi connectivity index (χ3n) is 9.88. The highest BCUT2D eigenvalue weighted by Gasteiger charge is 2.21. The van der Waals surface area contributed by atoms with E-state index in [0.717, 1.165) is 55.3 Å². The molecule has 0 radical (unpaired) electrons. The molecule has 0 bridgehead atoms. The normalized spacial score (nSPS) is 11.9. The Kier molecular flexibility index (Phi) is 6.05. The quantitative estimate of drug-likeness (QED) is 0.187. The van der Waals surface area contributed by atoms with Gasteiger partial charge in [0.1, 0.15) is 11.2 Å². The van der Waals surface area contributed by atoms with Gasteiger partial charge in [-0.05, 0) is 60.7 Å². The van der Waals surface area contributed by atoms with Gasteiger partial charge < -0.3 is 8.98 Å². The van der Waals surface area contributed by atoms with Gasteiger partial charge in [-0.2, -0.15) is 0 Å². The third kappa shape index (κ3) is 4.30. The van der Waals surface area contributed by atoms with Gasteiger partial charge in [0.05, 0.1) is 22.3 Å². The second kappa shape index (κ2) is 10.9. The largest absolute Gasteiger partial charge is 0.455 e. The van der Waals surface area contributed by atoms with E-state index >= 15 is 0 Å². The Labute approximate surface area is 295 Å². The lowest BCUT2D eigenvalue weighted by atomic mass is 10.1. The van der Waals surface area contributed by atoms with Crippen LogP contribution in [0.4, 0.5) is 0 Å². The van der Waals surface area contributed by atoms with E-state index in [9.17, 15) is 0 Å². The molecule has 6 heteroatoms. The second-order valence-electron chi connectivity index (χ2n) is 12.8. The zero-order valence-electron chi connectivity index (χ0n) is 27.1. The minimum Gasteiger partial charge on any atom is -0.455 e. The van der Waals surface area contributed by atoms with Gasteiger partial charge in [-0.15, -0.1) is 11.3 Å². The molecule has 4 aromatic heterocycles. The third-order valence-corrected chi connectivity index (χ3v) is 11.0. The van der Waals surface area contributed by atoms with Gasteiger partial charge >= 0.3 is 0 Å². The Hall–Kier alpha value is -6.63. The van der Waals surface area contributed by atoms with Crippen LogP contribution in [0, 0.1) is 0 Å². The molecule has 0 amide bonds. The Balaban J connectivity index is 1.20. The molecule has 0 unspecified atom stereocenters. The fourth-order valence-corrected chi connectivity index (χ4v) is 8.66. The molecule has 51 heavy (non-hydrogen) atoms. The molecule has 7 aromatic carbocycles. The zero-order valence-corrected chi connectivity index (χ0v) is 27.9. The molecule has 5 nitrogen and oxygen atoms in total. The van der Waals surface area contributed by atoms with E-state index in [1.165, 1.54) is 30.9 Å². The first-order chi connectivity index (χ1) is 25.3. The maximum Gasteiger partial charge on any atom is 0.167 e. The standard InChI is InChI=1S/C45H26N4OS/c1-6-19-36-28(12-1)29-13-2-7-20-37(29)49(36)38-21-8-3-16-33(38)44-46-43(27-24-25-41-35(26-27)31-15-5-10-23-40(31)51-41)47-45(48-44)34-18-11-17-32-30-14-4-9-22-39(30)50-42(32)34/h1-26H. The number of furan rings is 1. The number of thiophene rings is 1. The van der Waals surface area contributed by atoms with Crippen LogP contribution in [0.25, 0.3) is 104 Å². The lowest BCUT2D eigenvalue weighted by Crippen LogP contribution is -2.03. The summed E-state index contributed by atoms with van der Waals surface area (Å²) in [6.45, 7) is 0. The fourth-order valence-electron chi connectivity index (χ4n) is 7.57. The average molecular weight is 671 g/mol. The maximum absolute atomic E-state index is 6.50. The van der Waals surface area contributed by atoms with Crippen molar-refractivity contribution in [1.82, 2.24) is 19.5 Å². The van der Waals surface area contributed by atoms with Crippen molar-refractivity contribution in [3.05, 3.63) is 158 Å². The predicted molar refractivity (Wildman–Crippen MR) is 211 cm³/mol. The Morgan fingerprint density at radius 3 is 1.84 bits per heavy atom. The minimum absolute atomic E-state index is 0.562. The second-order valence-corrected chi connectivity index (χ2v) is 13.9. The van der Waals surface area contributed by atoms with Crippen LogP contribution in [0.2, 0.25) is 0 Å². The fraction of sp³-hybridized carbons (Fsp3) is 0. The van der Waals surface area contributed by atoms with Crippen LogP contribution in [0.15, 0.2) is 162 Å². The first-order valence-corrected chi connectivity index (χ1v) is 17.8. The number of fused-ring (bicyclic) bond motifs is 9. The molecule has 238 valence electrons. The van der Waals surface area contributed by atoms with E-state index in [1.54, 1.807) is 11.3 Å². The lowest BCUT2D eigenvalue weighted by Gasteiger charge is -2.14. The van der Waals surface area contributed by atoms with Crippen LogP contribution >= 0.6 is 11.3 Å². The topological polar surface area (TPSA) is 56.7 Å². The Morgan fingerprint density at radius 1 is 0.431 bits per heavy atom. The molecule has 4 heterocycles. The van der Waals surface area contributed by atoms with Gasteiger partial charge in [-0.3, -0.25) is 0 Å². The summed E-state index contributed by atoms with van der Waals surface area (Å²) in [6.07, 6.45) is 0. The van der Waals surface area contributed by atoms with Gasteiger partial charge in [0.2, 0.25) is 0 Å². The van der Waals surface area contributed by atoms with Gasteiger partial charge in [0.25, 0.3) is 0 Å². The molecule has 0 saturated carbocycles. The van der Waals surface area contributed by atoms with Gasteiger partial charge in [0, 0.05) is 52.8 Å². The van der Waals surface area contributed by atoms with E-state index in [-0.39, 0.29) is 0 Å². The van der Waals surface area contributed by atoms with Crippen molar-refractivity contribution in [3.8, 4) is 39.9 Å². The van der Waals surface area contributed by atoms with Gasteiger partial charge in [-0.1, -0.05) is 97.1 Å². The van der Waals surface area contributed by atoms with Crippen molar-refractivity contribution in [2.24, 2.45) is 0 Å². The zero-order chi connectivity index (χ0) is 33.5. The number of benzene rings is 7. The van der Waals surface area contributed by atoms with Crippen LogP contribution in [0.1, 0.15) is 0 Å². The van der Waals surface area contributed by atoms with Crippen LogP contribution in [-0.2, 0) is 0 Å². The van der Waals surface area contributed by atoms with E-state index in [2.05, 4.69) is 138 Å². The van der Waals surface area contributed by atoms with Crippen molar-refractivity contribution in [3.63, 3.8) is 0 Å². The maximum atomic E-state index is 6.50. The average Bonchev–Trinajstić information content (AvgIpc) is 3.87. The number of hydrogen-bond donors (Lipinski definition) is 0. The first kappa shape index (κ1) is 28.2. The summed E-state index contributed by atoms with van der Waals surface area (Å²) in [6, 6.07) is 54.9. The highest BCUT2D eigenvalue weighted by atomic mass is 32.1. The molecular formula is C45H26N4OS.